The Hall–Kier alpha value is -2.14. The largest absolute Gasteiger partial charge is 0.350 e. The van der Waals surface area contributed by atoms with Crippen molar-refractivity contribution in [3.8, 4) is 0 Å². The van der Waals surface area contributed by atoms with Crippen molar-refractivity contribution >= 4 is 27.5 Å². The number of thiophene rings is 1. The minimum atomic E-state index is -0.00212. The molecule has 5 heteroatoms. The van der Waals surface area contributed by atoms with Gasteiger partial charge < -0.3 is 9.88 Å². The van der Waals surface area contributed by atoms with E-state index in [1.54, 1.807) is 28.6 Å². The summed E-state index contributed by atoms with van der Waals surface area (Å²) in [6.07, 6.45) is 3.49. The Labute approximate surface area is 121 Å². The topological polar surface area (TPSA) is 49.0 Å². The molecule has 0 aromatic carbocycles. The molecular formula is C15H15N3OS. The summed E-state index contributed by atoms with van der Waals surface area (Å²) in [7, 11) is 1.82. The predicted octanol–water partition coefficient (Wildman–Crippen LogP) is 3.46. The van der Waals surface area contributed by atoms with Crippen molar-refractivity contribution in [2.24, 2.45) is 0 Å². The molecule has 3 aromatic rings. The number of hydrogen-bond acceptors (Lipinski definition) is 3. The number of rotatable bonds is 3. The molecule has 3 aromatic heterocycles. The van der Waals surface area contributed by atoms with Gasteiger partial charge in [-0.05, 0) is 42.1 Å². The van der Waals surface area contributed by atoms with Gasteiger partial charge in [-0.3, -0.25) is 9.78 Å². The zero-order valence-corrected chi connectivity index (χ0v) is 12.1. The molecule has 0 aliphatic rings. The number of pyridine rings is 1. The average Bonchev–Trinajstić information content (AvgIpc) is 3.07. The molecule has 0 bridgehead atoms. The summed E-state index contributed by atoms with van der Waals surface area (Å²) in [5.74, 6) is -0.00212. The molecule has 3 rings (SSSR count). The Balaban J connectivity index is 1.84. The standard InChI is InChI=1S/C15H15N3OS/c1-10(11-3-6-16-7-4-11)18(2)15(19)13-9-14-12(17-13)5-8-20-14/h3-10,17H,1-2H3/t10-/m1/s1. The molecule has 102 valence electrons. The van der Waals surface area contributed by atoms with Crippen LogP contribution in [0.3, 0.4) is 0 Å². The molecule has 0 saturated carbocycles. The van der Waals surface area contributed by atoms with Crippen molar-refractivity contribution in [3.63, 3.8) is 0 Å². The molecule has 3 heterocycles. The molecule has 0 radical (unpaired) electrons. The van der Waals surface area contributed by atoms with E-state index in [0.29, 0.717) is 5.69 Å². The summed E-state index contributed by atoms with van der Waals surface area (Å²) in [6, 6.07) is 7.77. The zero-order chi connectivity index (χ0) is 14.1. The molecule has 0 aliphatic heterocycles. The number of hydrogen-bond donors (Lipinski definition) is 1. The molecule has 20 heavy (non-hydrogen) atoms. The van der Waals surface area contributed by atoms with Crippen LogP contribution in [0.15, 0.2) is 42.0 Å². The number of H-pyrrole nitrogens is 1. The van der Waals surface area contributed by atoms with Gasteiger partial charge >= 0.3 is 0 Å². The van der Waals surface area contributed by atoms with Crippen LogP contribution in [0.1, 0.15) is 29.0 Å². The number of amides is 1. The van der Waals surface area contributed by atoms with Crippen LogP contribution in [0.25, 0.3) is 10.2 Å². The molecule has 1 N–H and O–H groups in total. The lowest BCUT2D eigenvalue weighted by Gasteiger charge is -2.24. The number of fused-ring (bicyclic) bond motifs is 1. The van der Waals surface area contributed by atoms with Crippen LogP contribution in [0, 0.1) is 0 Å². The molecule has 0 spiro atoms. The van der Waals surface area contributed by atoms with E-state index < -0.39 is 0 Å². The summed E-state index contributed by atoms with van der Waals surface area (Å²) in [4.78, 5) is 21.4. The Kier molecular flexibility index (Phi) is 3.28. The fourth-order valence-corrected chi connectivity index (χ4v) is 2.98. The third-order valence-corrected chi connectivity index (χ3v) is 4.42. The predicted molar refractivity (Wildman–Crippen MR) is 80.9 cm³/mol. The van der Waals surface area contributed by atoms with E-state index in [2.05, 4.69) is 9.97 Å². The highest BCUT2D eigenvalue weighted by atomic mass is 32.1. The maximum Gasteiger partial charge on any atom is 0.270 e. The van der Waals surface area contributed by atoms with Gasteiger partial charge in [-0.25, -0.2) is 0 Å². The molecular weight excluding hydrogens is 270 g/mol. The molecule has 0 saturated heterocycles. The smallest absolute Gasteiger partial charge is 0.270 e. The maximum absolute atomic E-state index is 12.5. The zero-order valence-electron chi connectivity index (χ0n) is 11.3. The normalized spacial score (nSPS) is 12.5. The fraction of sp³-hybridized carbons (Fsp3) is 0.200. The van der Waals surface area contributed by atoms with Gasteiger partial charge in [-0.15, -0.1) is 11.3 Å². The van der Waals surface area contributed by atoms with E-state index >= 15 is 0 Å². The Morgan fingerprint density at radius 1 is 1.35 bits per heavy atom. The second-order valence-electron chi connectivity index (χ2n) is 4.75. The van der Waals surface area contributed by atoms with Crippen LogP contribution >= 0.6 is 11.3 Å². The van der Waals surface area contributed by atoms with Crippen LogP contribution in [-0.4, -0.2) is 27.8 Å². The number of nitrogens with zero attached hydrogens (tertiary/aromatic N) is 2. The van der Waals surface area contributed by atoms with Gasteiger partial charge in [0.25, 0.3) is 5.91 Å². The van der Waals surface area contributed by atoms with Gasteiger partial charge in [0.2, 0.25) is 0 Å². The molecule has 0 unspecified atom stereocenters. The fourth-order valence-electron chi connectivity index (χ4n) is 2.19. The Morgan fingerprint density at radius 2 is 2.10 bits per heavy atom. The number of aromatic nitrogens is 2. The molecule has 4 nitrogen and oxygen atoms in total. The lowest BCUT2D eigenvalue weighted by atomic mass is 10.1. The van der Waals surface area contributed by atoms with Gasteiger partial charge in [-0.1, -0.05) is 0 Å². The number of nitrogens with one attached hydrogen (secondary N) is 1. The summed E-state index contributed by atoms with van der Waals surface area (Å²) in [5, 5.41) is 2.01. The first-order chi connectivity index (χ1) is 9.66. The van der Waals surface area contributed by atoms with Crippen molar-refractivity contribution in [1.29, 1.82) is 0 Å². The minimum absolute atomic E-state index is 0.00212. The van der Waals surface area contributed by atoms with Gasteiger partial charge in [-0.2, -0.15) is 0 Å². The highest BCUT2D eigenvalue weighted by molar-refractivity contribution is 7.17. The van der Waals surface area contributed by atoms with Crippen molar-refractivity contribution in [3.05, 3.63) is 53.3 Å². The van der Waals surface area contributed by atoms with Gasteiger partial charge in [0.05, 0.1) is 16.3 Å². The monoisotopic (exact) mass is 285 g/mol. The van der Waals surface area contributed by atoms with Crippen LogP contribution in [0.5, 0.6) is 0 Å². The van der Waals surface area contributed by atoms with Gasteiger partial charge in [0.15, 0.2) is 0 Å². The number of carbonyl (C=O) groups excluding carboxylic acids is 1. The van der Waals surface area contributed by atoms with Crippen LogP contribution < -0.4 is 0 Å². The van der Waals surface area contributed by atoms with Crippen molar-refractivity contribution in [1.82, 2.24) is 14.9 Å². The number of carbonyl (C=O) groups is 1. The number of aromatic amines is 1. The van der Waals surface area contributed by atoms with Gasteiger partial charge in [0, 0.05) is 19.4 Å². The van der Waals surface area contributed by atoms with E-state index in [4.69, 9.17) is 0 Å². The van der Waals surface area contributed by atoms with E-state index in [1.807, 2.05) is 43.6 Å². The first-order valence-electron chi connectivity index (χ1n) is 6.40. The summed E-state index contributed by atoms with van der Waals surface area (Å²) >= 11 is 1.63. The van der Waals surface area contributed by atoms with E-state index in [1.165, 1.54) is 0 Å². The molecule has 0 aliphatic carbocycles. The third kappa shape index (κ3) is 2.20. The highest BCUT2D eigenvalue weighted by Crippen LogP contribution is 2.24. The SMILES string of the molecule is C[C@H](c1ccncc1)N(C)C(=O)c1cc2sccc2[nH]1. The van der Waals surface area contributed by atoms with E-state index in [-0.39, 0.29) is 11.9 Å². The Morgan fingerprint density at radius 3 is 2.80 bits per heavy atom. The molecule has 0 fully saturated rings. The maximum atomic E-state index is 12.5. The summed E-state index contributed by atoms with van der Waals surface area (Å²) < 4.78 is 1.11. The second-order valence-corrected chi connectivity index (χ2v) is 5.70. The van der Waals surface area contributed by atoms with Crippen molar-refractivity contribution in [2.45, 2.75) is 13.0 Å². The molecule has 1 atom stereocenters. The van der Waals surface area contributed by atoms with Crippen LogP contribution in [0.4, 0.5) is 0 Å². The lowest BCUT2D eigenvalue weighted by Crippen LogP contribution is -2.29. The summed E-state index contributed by atoms with van der Waals surface area (Å²) in [5.41, 5.74) is 2.72. The first-order valence-corrected chi connectivity index (χ1v) is 7.28. The molecule has 1 amide bonds. The quantitative estimate of drug-likeness (QED) is 0.801. The average molecular weight is 285 g/mol. The van der Waals surface area contributed by atoms with E-state index in [9.17, 15) is 4.79 Å². The van der Waals surface area contributed by atoms with Crippen molar-refractivity contribution in [2.75, 3.05) is 7.05 Å². The third-order valence-electron chi connectivity index (χ3n) is 3.56. The first kappa shape index (κ1) is 12.9. The van der Waals surface area contributed by atoms with E-state index in [0.717, 1.165) is 15.8 Å². The van der Waals surface area contributed by atoms with Gasteiger partial charge in [0.1, 0.15) is 5.69 Å². The lowest BCUT2D eigenvalue weighted by molar-refractivity contribution is 0.0737. The van der Waals surface area contributed by atoms with Crippen LogP contribution in [0.2, 0.25) is 0 Å². The highest BCUT2D eigenvalue weighted by Gasteiger charge is 2.20. The second kappa shape index (κ2) is 5.09. The summed E-state index contributed by atoms with van der Waals surface area (Å²) in [6.45, 7) is 2.01. The Bertz CT molecular complexity index is 703. The minimum Gasteiger partial charge on any atom is -0.350 e. The van der Waals surface area contributed by atoms with Crippen LogP contribution in [-0.2, 0) is 0 Å². The van der Waals surface area contributed by atoms with Crippen molar-refractivity contribution < 1.29 is 4.79 Å².